The molecule has 0 spiro atoms. The number of hydrogen-bond acceptors (Lipinski definition) is 5. The molecule has 2 N–H and O–H groups in total. The van der Waals surface area contributed by atoms with Crippen LogP contribution in [0.25, 0.3) is 0 Å². The number of anilines is 1. The van der Waals surface area contributed by atoms with Crippen LogP contribution in [0, 0.1) is 16.0 Å². The first-order valence-electron chi connectivity index (χ1n) is 6.17. The van der Waals surface area contributed by atoms with Crippen LogP contribution in [0.4, 0.5) is 11.4 Å². The molecule has 0 aliphatic heterocycles. The Balaban J connectivity index is 2.92. The van der Waals surface area contributed by atoms with E-state index < -0.39 is 4.92 Å². The molecule has 0 bridgehead atoms. The lowest BCUT2D eigenvalue weighted by Crippen LogP contribution is -2.25. The van der Waals surface area contributed by atoms with Crippen molar-refractivity contribution in [2.24, 2.45) is 5.92 Å². The standard InChI is InChI=1S/C13H20N2O4/c1-9(2)4-11(8-16)14-10-5-12(15(17)18)7-13(6-10)19-3/h5-7,9,11,14,16H,4,8H2,1-3H3. The first kappa shape index (κ1) is 15.2. The summed E-state index contributed by atoms with van der Waals surface area (Å²) in [5, 5.41) is 23.2. The maximum absolute atomic E-state index is 10.8. The van der Waals surface area contributed by atoms with Crippen molar-refractivity contribution in [2.45, 2.75) is 26.3 Å². The molecule has 106 valence electrons. The fourth-order valence-corrected chi connectivity index (χ4v) is 1.87. The SMILES string of the molecule is COc1cc(NC(CO)CC(C)C)cc([N+](=O)[O-])c1. The van der Waals surface area contributed by atoms with Crippen molar-refractivity contribution in [2.75, 3.05) is 19.0 Å². The van der Waals surface area contributed by atoms with Crippen molar-refractivity contribution in [3.8, 4) is 5.75 Å². The summed E-state index contributed by atoms with van der Waals surface area (Å²) in [6.07, 6.45) is 0.779. The maximum Gasteiger partial charge on any atom is 0.275 e. The van der Waals surface area contributed by atoms with Crippen LogP contribution in [0.15, 0.2) is 18.2 Å². The molecule has 0 saturated carbocycles. The number of benzene rings is 1. The van der Waals surface area contributed by atoms with Gasteiger partial charge in [0.05, 0.1) is 24.7 Å². The summed E-state index contributed by atoms with van der Waals surface area (Å²) in [5.74, 6) is 0.836. The first-order chi connectivity index (χ1) is 8.96. The van der Waals surface area contributed by atoms with E-state index in [4.69, 9.17) is 4.74 Å². The number of nitro benzene ring substituents is 1. The fourth-order valence-electron chi connectivity index (χ4n) is 1.87. The number of non-ortho nitro benzene ring substituents is 1. The Bertz CT molecular complexity index is 435. The number of nitrogens with one attached hydrogen (secondary N) is 1. The van der Waals surface area contributed by atoms with Gasteiger partial charge in [0.25, 0.3) is 5.69 Å². The molecule has 0 heterocycles. The molecule has 0 radical (unpaired) electrons. The molecule has 6 nitrogen and oxygen atoms in total. The monoisotopic (exact) mass is 268 g/mol. The highest BCUT2D eigenvalue weighted by atomic mass is 16.6. The van der Waals surface area contributed by atoms with Crippen molar-refractivity contribution in [1.29, 1.82) is 0 Å². The molecule has 1 atom stereocenters. The van der Waals surface area contributed by atoms with E-state index in [0.29, 0.717) is 17.4 Å². The normalized spacial score (nSPS) is 12.3. The van der Waals surface area contributed by atoms with Crippen molar-refractivity contribution in [1.82, 2.24) is 0 Å². The molecule has 0 amide bonds. The van der Waals surface area contributed by atoms with Crippen LogP contribution >= 0.6 is 0 Å². The van der Waals surface area contributed by atoms with Crippen LogP contribution in [0.3, 0.4) is 0 Å². The molecule has 0 saturated heterocycles. The molecule has 0 aromatic heterocycles. The van der Waals surface area contributed by atoms with E-state index in [1.54, 1.807) is 6.07 Å². The second-order valence-electron chi connectivity index (χ2n) is 4.83. The number of nitro groups is 1. The third-order valence-electron chi connectivity index (χ3n) is 2.68. The lowest BCUT2D eigenvalue weighted by Gasteiger charge is -2.19. The first-order valence-corrected chi connectivity index (χ1v) is 6.17. The van der Waals surface area contributed by atoms with Crippen LogP contribution in [-0.4, -0.2) is 29.8 Å². The molecule has 1 aromatic rings. The summed E-state index contributed by atoms with van der Waals surface area (Å²) in [6, 6.07) is 4.34. The third kappa shape index (κ3) is 4.75. The summed E-state index contributed by atoms with van der Waals surface area (Å²) in [5.41, 5.74) is 0.536. The number of aliphatic hydroxyl groups is 1. The maximum atomic E-state index is 10.8. The van der Waals surface area contributed by atoms with Gasteiger partial charge in [0, 0.05) is 23.9 Å². The van der Waals surface area contributed by atoms with E-state index in [2.05, 4.69) is 19.2 Å². The summed E-state index contributed by atoms with van der Waals surface area (Å²) < 4.78 is 5.04. The summed E-state index contributed by atoms with van der Waals surface area (Å²) in [6.45, 7) is 4.08. The Kier molecular flexibility index (Phi) is 5.57. The van der Waals surface area contributed by atoms with Crippen LogP contribution in [-0.2, 0) is 0 Å². The van der Waals surface area contributed by atoms with Gasteiger partial charge in [-0.15, -0.1) is 0 Å². The van der Waals surface area contributed by atoms with Crippen molar-refractivity contribution >= 4 is 11.4 Å². The van der Waals surface area contributed by atoms with Crippen LogP contribution in [0.2, 0.25) is 0 Å². The number of rotatable bonds is 7. The summed E-state index contributed by atoms with van der Waals surface area (Å²) in [7, 11) is 1.46. The highest BCUT2D eigenvalue weighted by Crippen LogP contribution is 2.26. The smallest absolute Gasteiger partial charge is 0.275 e. The largest absolute Gasteiger partial charge is 0.496 e. The summed E-state index contributed by atoms with van der Waals surface area (Å²) >= 11 is 0. The van der Waals surface area contributed by atoms with Gasteiger partial charge in [-0.1, -0.05) is 13.8 Å². The Morgan fingerprint density at radius 2 is 2.11 bits per heavy atom. The molecule has 6 heteroatoms. The van der Waals surface area contributed by atoms with Gasteiger partial charge in [-0.2, -0.15) is 0 Å². The topological polar surface area (TPSA) is 84.6 Å². The van der Waals surface area contributed by atoms with Gasteiger partial charge in [0.1, 0.15) is 5.75 Å². The molecule has 1 aromatic carbocycles. The number of hydrogen-bond donors (Lipinski definition) is 2. The van der Waals surface area contributed by atoms with Crippen LogP contribution in [0.5, 0.6) is 5.75 Å². The molecule has 1 rings (SSSR count). The minimum atomic E-state index is -0.468. The van der Waals surface area contributed by atoms with E-state index in [1.807, 2.05) is 0 Å². The second-order valence-corrected chi connectivity index (χ2v) is 4.83. The second kappa shape index (κ2) is 6.94. The Hall–Kier alpha value is -1.82. The predicted molar refractivity (Wildman–Crippen MR) is 73.6 cm³/mol. The Labute approximate surface area is 112 Å². The predicted octanol–water partition coefficient (Wildman–Crippen LogP) is 2.42. The molecular formula is C13H20N2O4. The van der Waals surface area contributed by atoms with Crippen molar-refractivity contribution < 1.29 is 14.8 Å². The fraction of sp³-hybridized carbons (Fsp3) is 0.538. The minimum absolute atomic E-state index is 0.0246. The zero-order valence-electron chi connectivity index (χ0n) is 11.4. The molecule has 0 fully saturated rings. The van der Waals surface area contributed by atoms with Gasteiger partial charge in [0.15, 0.2) is 0 Å². The number of nitrogens with zero attached hydrogens (tertiary/aromatic N) is 1. The van der Waals surface area contributed by atoms with E-state index >= 15 is 0 Å². The van der Waals surface area contributed by atoms with E-state index in [0.717, 1.165) is 6.42 Å². The number of aliphatic hydroxyl groups excluding tert-OH is 1. The molecule has 1 unspecified atom stereocenters. The molecule has 19 heavy (non-hydrogen) atoms. The summed E-state index contributed by atoms with van der Waals surface area (Å²) in [4.78, 5) is 10.4. The lowest BCUT2D eigenvalue weighted by molar-refractivity contribution is -0.384. The van der Waals surface area contributed by atoms with Crippen molar-refractivity contribution in [3.05, 3.63) is 28.3 Å². The molecular weight excluding hydrogens is 248 g/mol. The Morgan fingerprint density at radius 3 is 2.58 bits per heavy atom. The lowest BCUT2D eigenvalue weighted by atomic mass is 10.0. The van der Waals surface area contributed by atoms with Crippen LogP contribution in [0.1, 0.15) is 20.3 Å². The average molecular weight is 268 g/mol. The highest BCUT2D eigenvalue weighted by Gasteiger charge is 2.14. The van der Waals surface area contributed by atoms with Gasteiger partial charge in [-0.3, -0.25) is 10.1 Å². The van der Waals surface area contributed by atoms with Crippen molar-refractivity contribution in [3.63, 3.8) is 0 Å². The van der Waals surface area contributed by atoms with Gasteiger partial charge in [-0.05, 0) is 12.3 Å². The highest BCUT2D eigenvalue weighted by molar-refractivity contribution is 5.56. The van der Waals surface area contributed by atoms with E-state index in [9.17, 15) is 15.2 Å². The minimum Gasteiger partial charge on any atom is -0.496 e. The average Bonchev–Trinajstić information content (AvgIpc) is 2.36. The van der Waals surface area contributed by atoms with E-state index in [-0.39, 0.29) is 18.3 Å². The van der Waals surface area contributed by atoms with Gasteiger partial charge in [0.2, 0.25) is 0 Å². The molecule has 0 aliphatic rings. The number of ether oxygens (including phenoxy) is 1. The van der Waals surface area contributed by atoms with Crippen LogP contribution < -0.4 is 10.1 Å². The zero-order valence-corrected chi connectivity index (χ0v) is 11.4. The zero-order chi connectivity index (χ0) is 14.4. The molecule has 0 aliphatic carbocycles. The van der Waals surface area contributed by atoms with Gasteiger partial charge in [-0.25, -0.2) is 0 Å². The third-order valence-corrected chi connectivity index (χ3v) is 2.68. The van der Waals surface area contributed by atoms with Gasteiger partial charge < -0.3 is 15.2 Å². The van der Waals surface area contributed by atoms with Gasteiger partial charge >= 0.3 is 0 Å². The quantitative estimate of drug-likeness (QED) is 0.586. The number of methoxy groups -OCH3 is 1. The van der Waals surface area contributed by atoms with E-state index in [1.165, 1.54) is 19.2 Å². The Morgan fingerprint density at radius 1 is 1.42 bits per heavy atom.